The monoisotopic (exact) mass is 412 g/mol. The first-order valence-corrected chi connectivity index (χ1v) is 9.86. The number of thioether (sulfide) groups is 1. The van der Waals surface area contributed by atoms with Crippen molar-refractivity contribution in [1.82, 2.24) is 0 Å². The SMILES string of the molecule is COC(=O)CSc1cc(NC(=O)OC(C)(C)C)c(N)cc1C#Cc1ccccc1. The Morgan fingerprint density at radius 3 is 2.45 bits per heavy atom. The fourth-order valence-electron chi connectivity index (χ4n) is 2.19. The van der Waals surface area contributed by atoms with Gasteiger partial charge in [0.05, 0.1) is 24.2 Å². The molecule has 6 nitrogen and oxygen atoms in total. The fourth-order valence-corrected chi connectivity index (χ4v) is 3.05. The van der Waals surface area contributed by atoms with Crippen LogP contribution in [0.15, 0.2) is 47.4 Å². The van der Waals surface area contributed by atoms with Gasteiger partial charge in [0.1, 0.15) is 5.60 Å². The second-order valence-electron chi connectivity index (χ2n) is 7.04. The summed E-state index contributed by atoms with van der Waals surface area (Å²) in [5.41, 5.74) is 7.71. The van der Waals surface area contributed by atoms with Crippen molar-refractivity contribution in [3.63, 3.8) is 0 Å². The van der Waals surface area contributed by atoms with Crippen LogP contribution in [-0.4, -0.2) is 30.5 Å². The first-order valence-electron chi connectivity index (χ1n) is 8.88. The van der Waals surface area contributed by atoms with Crippen molar-refractivity contribution in [1.29, 1.82) is 0 Å². The largest absolute Gasteiger partial charge is 0.468 e. The Morgan fingerprint density at radius 1 is 1.14 bits per heavy atom. The summed E-state index contributed by atoms with van der Waals surface area (Å²) in [5, 5.41) is 2.65. The molecule has 0 bridgehead atoms. The molecule has 7 heteroatoms. The summed E-state index contributed by atoms with van der Waals surface area (Å²) in [6.07, 6.45) is -0.615. The van der Waals surface area contributed by atoms with Gasteiger partial charge in [0.2, 0.25) is 0 Å². The molecule has 2 aromatic carbocycles. The van der Waals surface area contributed by atoms with Crippen LogP contribution in [0.5, 0.6) is 0 Å². The molecule has 0 fully saturated rings. The van der Waals surface area contributed by atoms with Crippen LogP contribution in [0.3, 0.4) is 0 Å². The molecule has 0 unspecified atom stereocenters. The molecule has 0 spiro atoms. The van der Waals surface area contributed by atoms with Crippen LogP contribution >= 0.6 is 11.8 Å². The van der Waals surface area contributed by atoms with Crippen LogP contribution in [0.4, 0.5) is 16.2 Å². The molecule has 1 amide bonds. The van der Waals surface area contributed by atoms with E-state index in [9.17, 15) is 9.59 Å². The second-order valence-corrected chi connectivity index (χ2v) is 8.06. The van der Waals surface area contributed by atoms with E-state index in [0.29, 0.717) is 21.8 Å². The number of methoxy groups -OCH3 is 1. The topological polar surface area (TPSA) is 90.6 Å². The van der Waals surface area contributed by atoms with Gasteiger partial charge >= 0.3 is 12.1 Å². The Kier molecular flexibility index (Phi) is 7.57. The molecule has 0 aliphatic rings. The Hall–Kier alpha value is -3.11. The number of hydrogen-bond acceptors (Lipinski definition) is 6. The van der Waals surface area contributed by atoms with Gasteiger partial charge in [0.15, 0.2) is 0 Å². The highest BCUT2D eigenvalue weighted by Gasteiger charge is 2.18. The standard InChI is InChI=1S/C22H24N2O4S/c1-22(2,3)28-21(26)24-18-13-19(29-14-20(25)27-4)16(12-17(18)23)11-10-15-8-6-5-7-9-15/h5-9,12-13H,14,23H2,1-4H3,(H,24,26). The predicted molar refractivity (Wildman–Crippen MR) is 116 cm³/mol. The van der Waals surface area contributed by atoms with Crippen LogP contribution in [0.1, 0.15) is 31.9 Å². The maximum Gasteiger partial charge on any atom is 0.412 e. The second kappa shape index (κ2) is 9.89. The Bertz CT molecular complexity index is 941. The van der Waals surface area contributed by atoms with Gasteiger partial charge in [-0.1, -0.05) is 30.0 Å². The lowest BCUT2D eigenvalue weighted by Gasteiger charge is -2.20. The summed E-state index contributed by atoms with van der Waals surface area (Å²) in [4.78, 5) is 24.4. The molecule has 0 saturated heterocycles. The molecule has 0 aliphatic heterocycles. The van der Waals surface area contributed by atoms with Crippen LogP contribution in [0.2, 0.25) is 0 Å². The number of carbonyl (C=O) groups is 2. The molecule has 152 valence electrons. The van der Waals surface area contributed by atoms with Gasteiger partial charge < -0.3 is 15.2 Å². The summed E-state index contributed by atoms with van der Waals surface area (Å²) >= 11 is 1.25. The summed E-state index contributed by atoms with van der Waals surface area (Å²) in [6.45, 7) is 5.32. The van der Waals surface area contributed by atoms with E-state index in [4.69, 9.17) is 15.2 Å². The molecule has 0 aromatic heterocycles. The molecule has 0 radical (unpaired) electrons. The quantitative estimate of drug-likeness (QED) is 0.337. The van der Waals surface area contributed by atoms with Crippen LogP contribution < -0.4 is 11.1 Å². The zero-order valence-electron chi connectivity index (χ0n) is 16.9. The van der Waals surface area contributed by atoms with E-state index in [0.717, 1.165) is 5.56 Å². The first-order chi connectivity index (χ1) is 13.7. The maximum atomic E-state index is 12.1. The molecular formula is C22H24N2O4S. The van der Waals surface area contributed by atoms with Crippen LogP contribution in [-0.2, 0) is 14.3 Å². The predicted octanol–water partition coefficient (Wildman–Crippen LogP) is 4.28. The number of esters is 1. The lowest BCUT2D eigenvalue weighted by atomic mass is 10.1. The number of hydrogen-bond donors (Lipinski definition) is 2. The van der Waals surface area contributed by atoms with E-state index >= 15 is 0 Å². The lowest BCUT2D eigenvalue weighted by Crippen LogP contribution is -2.27. The highest BCUT2D eigenvalue weighted by molar-refractivity contribution is 8.00. The lowest BCUT2D eigenvalue weighted by molar-refractivity contribution is -0.137. The van der Waals surface area contributed by atoms with Gasteiger partial charge in [-0.2, -0.15) is 0 Å². The molecule has 0 atom stereocenters. The molecule has 0 aliphatic carbocycles. The molecule has 0 saturated carbocycles. The van der Waals surface area contributed by atoms with Gasteiger partial charge in [-0.25, -0.2) is 4.79 Å². The number of nitrogens with two attached hydrogens (primary N) is 1. The molecular weight excluding hydrogens is 388 g/mol. The Balaban J connectivity index is 2.34. The van der Waals surface area contributed by atoms with Crippen molar-refractivity contribution in [3.8, 4) is 11.8 Å². The van der Waals surface area contributed by atoms with Crippen molar-refractivity contribution >= 4 is 35.2 Å². The zero-order valence-corrected chi connectivity index (χ0v) is 17.7. The van der Waals surface area contributed by atoms with Gasteiger partial charge in [0, 0.05) is 16.0 Å². The summed E-state index contributed by atoms with van der Waals surface area (Å²) in [5.74, 6) is 5.90. The first kappa shape index (κ1) is 22.2. The molecule has 2 rings (SSSR count). The summed E-state index contributed by atoms with van der Waals surface area (Å²) in [6, 6.07) is 12.9. The third-order valence-corrected chi connectivity index (χ3v) is 4.50. The van der Waals surface area contributed by atoms with E-state index < -0.39 is 11.7 Å². The van der Waals surface area contributed by atoms with Crippen molar-refractivity contribution < 1.29 is 19.1 Å². The van der Waals surface area contributed by atoms with E-state index in [1.807, 2.05) is 30.3 Å². The van der Waals surface area contributed by atoms with Crippen LogP contribution in [0, 0.1) is 11.8 Å². The molecule has 29 heavy (non-hydrogen) atoms. The Labute approximate surface area is 175 Å². The molecule has 3 N–H and O–H groups in total. The minimum absolute atomic E-state index is 0.103. The number of nitrogen functional groups attached to an aromatic ring is 1. The number of anilines is 2. The third kappa shape index (κ3) is 7.43. The van der Waals surface area contributed by atoms with E-state index in [1.54, 1.807) is 32.9 Å². The van der Waals surface area contributed by atoms with Crippen molar-refractivity contribution in [3.05, 3.63) is 53.6 Å². The van der Waals surface area contributed by atoms with Crippen molar-refractivity contribution in [2.45, 2.75) is 31.3 Å². The van der Waals surface area contributed by atoms with E-state index in [2.05, 4.69) is 17.2 Å². The molecule has 0 heterocycles. The minimum Gasteiger partial charge on any atom is -0.468 e. The maximum absolute atomic E-state index is 12.1. The van der Waals surface area contributed by atoms with E-state index in [1.165, 1.54) is 18.9 Å². The molecule has 2 aromatic rings. The van der Waals surface area contributed by atoms with Gasteiger partial charge in [0.25, 0.3) is 0 Å². The van der Waals surface area contributed by atoms with Gasteiger partial charge in [-0.3, -0.25) is 10.1 Å². The highest BCUT2D eigenvalue weighted by Crippen LogP contribution is 2.31. The van der Waals surface area contributed by atoms with Crippen molar-refractivity contribution in [2.24, 2.45) is 0 Å². The summed E-state index contributed by atoms with van der Waals surface area (Å²) in [7, 11) is 1.33. The average molecular weight is 413 g/mol. The van der Waals surface area contributed by atoms with Gasteiger partial charge in [-0.05, 0) is 45.0 Å². The Morgan fingerprint density at radius 2 is 1.83 bits per heavy atom. The van der Waals surface area contributed by atoms with Crippen LogP contribution in [0.25, 0.3) is 0 Å². The fraction of sp³-hybridized carbons (Fsp3) is 0.273. The minimum atomic E-state index is -0.636. The number of ether oxygens (including phenoxy) is 2. The third-order valence-electron chi connectivity index (χ3n) is 3.48. The average Bonchev–Trinajstić information content (AvgIpc) is 2.66. The van der Waals surface area contributed by atoms with Crippen molar-refractivity contribution in [2.75, 3.05) is 23.9 Å². The number of carbonyl (C=O) groups excluding carboxylic acids is 2. The number of nitrogens with one attached hydrogen (secondary N) is 1. The summed E-state index contributed by atoms with van der Waals surface area (Å²) < 4.78 is 9.98. The normalized spacial score (nSPS) is 10.5. The zero-order chi connectivity index (χ0) is 21.4. The number of benzene rings is 2. The van der Waals surface area contributed by atoms with Gasteiger partial charge in [-0.15, -0.1) is 11.8 Å². The highest BCUT2D eigenvalue weighted by atomic mass is 32.2. The number of rotatable bonds is 4. The van der Waals surface area contributed by atoms with E-state index in [-0.39, 0.29) is 11.7 Å². The smallest absolute Gasteiger partial charge is 0.412 e. The number of amides is 1.